The number of hydrogen-bond acceptors (Lipinski definition) is 6. The fraction of sp³-hybridized carbons (Fsp3) is 0.875. The minimum Gasteiger partial charge on any atom is -0.394 e. The van der Waals surface area contributed by atoms with E-state index in [2.05, 4.69) is 5.32 Å². The SMILES string of the molecule is O=C(CCl)NC1C(O)OC(CO)[C@H](O)[C@@H]1O. The van der Waals surface area contributed by atoms with Gasteiger partial charge in [0.15, 0.2) is 6.29 Å². The number of amides is 1. The van der Waals surface area contributed by atoms with Gasteiger partial charge >= 0.3 is 0 Å². The molecule has 0 saturated carbocycles. The first-order chi connectivity index (χ1) is 7.51. The highest BCUT2D eigenvalue weighted by molar-refractivity contribution is 6.27. The molecule has 1 amide bonds. The lowest BCUT2D eigenvalue weighted by Gasteiger charge is -2.40. The van der Waals surface area contributed by atoms with Crippen LogP contribution in [0.5, 0.6) is 0 Å². The highest BCUT2D eigenvalue weighted by Crippen LogP contribution is 2.19. The fourth-order valence-electron chi connectivity index (χ4n) is 1.48. The van der Waals surface area contributed by atoms with Crippen molar-refractivity contribution in [3.63, 3.8) is 0 Å². The Hall–Kier alpha value is -0.440. The number of hydrogen-bond donors (Lipinski definition) is 5. The Bertz CT molecular complexity index is 253. The van der Waals surface area contributed by atoms with Crippen LogP contribution in [0.15, 0.2) is 0 Å². The Morgan fingerprint density at radius 2 is 1.94 bits per heavy atom. The highest BCUT2D eigenvalue weighted by atomic mass is 35.5. The molecule has 0 radical (unpaired) electrons. The summed E-state index contributed by atoms with van der Waals surface area (Å²) in [5.41, 5.74) is 0. The summed E-state index contributed by atoms with van der Waals surface area (Å²) in [6.07, 6.45) is -5.43. The predicted molar refractivity (Wildman–Crippen MR) is 52.6 cm³/mol. The second kappa shape index (κ2) is 5.76. The molecule has 1 aliphatic rings. The van der Waals surface area contributed by atoms with Gasteiger partial charge in [-0.05, 0) is 0 Å². The van der Waals surface area contributed by atoms with Gasteiger partial charge in [0.05, 0.1) is 6.61 Å². The Morgan fingerprint density at radius 3 is 2.44 bits per heavy atom. The molecule has 0 aliphatic carbocycles. The summed E-state index contributed by atoms with van der Waals surface area (Å²) in [7, 11) is 0. The van der Waals surface area contributed by atoms with Gasteiger partial charge in [-0.1, -0.05) is 0 Å². The maximum Gasteiger partial charge on any atom is 0.235 e. The highest BCUT2D eigenvalue weighted by Gasteiger charge is 2.44. The lowest BCUT2D eigenvalue weighted by molar-refractivity contribution is -0.253. The summed E-state index contributed by atoms with van der Waals surface area (Å²) in [5, 5.41) is 39.5. The van der Waals surface area contributed by atoms with Crippen molar-refractivity contribution in [1.29, 1.82) is 0 Å². The largest absolute Gasteiger partial charge is 0.394 e. The van der Waals surface area contributed by atoms with Crippen LogP contribution >= 0.6 is 11.6 Å². The standard InChI is InChI=1S/C8H14ClNO6/c9-1-4(12)10-5-7(14)6(13)3(2-11)16-8(5)15/h3,5-8,11,13-15H,1-2H2,(H,10,12)/t3?,5?,6-,7+,8?/m0/s1. The van der Waals surface area contributed by atoms with Crippen LogP contribution in [-0.2, 0) is 9.53 Å². The minimum absolute atomic E-state index is 0.338. The number of carbonyl (C=O) groups is 1. The quantitative estimate of drug-likeness (QED) is 0.346. The number of halogens is 1. The van der Waals surface area contributed by atoms with Crippen LogP contribution in [0.25, 0.3) is 0 Å². The summed E-state index contributed by atoms with van der Waals surface area (Å²) >= 11 is 5.24. The molecule has 7 nitrogen and oxygen atoms in total. The molecule has 1 rings (SSSR count). The average molecular weight is 256 g/mol. The smallest absolute Gasteiger partial charge is 0.235 e. The number of rotatable bonds is 3. The molecule has 1 heterocycles. The third-order valence-electron chi connectivity index (χ3n) is 2.35. The summed E-state index contributed by atoms with van der Waals surface area (Å²) in [5.74, 6) is -0.946. The van der Waals surface area contributed by atoms with E-state index >= 15 is 0 Å². The number of ether oxygens (including phenoxy) is 1. The fourth-order valence-corrected chi connectivity index (χ4v) is 1.55. The van der Waals surface area contributed by atoms with Crippen LogP contribution in [-0.4, -0.2) is 69.5 Å². The van der Waals surface area contributed by atoms with Crippen molar-refractivity contribution in [2.24, 2.45) is 0 Å². The number of alkyl halides is 1. The number of nitrogens with one attached hydrogen (secondary N) is 1. The molecule has 16 heavy (non-hydrogen) atoms. The molecule has 0 aromatic carbocycles. The van der Waals surface area contributed by atoms with Crippen LogP contribution < -0.4 is 5.32 Å². The molecule has 1 aliphatic heterocycles. The van der Waals surface area contributed by atoms with E-state index in [9.17, 15) is 20.1 Å². The normalized spacial score (nSPS) is 39.4. The molecule has 0 bridgehead atoms. The van der Waals surface area contributed by atoms with E-state index < -0.39 is 43.2 Å². The Kier molecular flexibility index (Phi) is 4.90. The lowest BCUT2D eigenvalue weighted by Crippen LogP contribution is -2.64. The van der Waals surface area contributed by atoms with Gasteiger partial charge in [0.2, 0.25) is 5.91 Å². The van der Waals surface area contributed by atoms with Crippen molar-refractivity contribution in [2.45, 2.75) is 30.6 Å². The molecule has 0 aromatic heterocycles. The minimum atomic E-state index is -1.51. The van der Waals surface area contributed by atoms with Crippen LogP contribution in [0.4, 0.5) is 0 Å². The van der Waals surface area contributed by atoms with Crippen molar-refractivity contribution in [3.8, 4) is 0 Å². The van der Waals surface area contributed by atoms with Gasteiger partial charge in [-0.3, -0.25) is 4.79 Å². The van der Waals surface area contributed by atoms with Crippen molar-refractivity contribution < 1.29 is 30.0 Å². The molecule has 5 atom stereocenters. The second-order valence-corrected chi connectivity index (χ2v) is 3.72. The zero-order valence-electron chi connectivity index (χ0n) is 8.28. The third-order valence-corrected chi connectivity index (χ3v) is 2.59. The molecule has 5 N–H and O–H groups in total. The third kappa shape index (κ3) is 2.82. The second-order valence-electron chi connectivity index (χ2n) is 3.46. The number of aliphatic hydroxyl groups is 4. The molecule has 0 aromatic rings. The molecule has 94 valence electrons. The van der Waals surface area contributed by atoms with E-state index in [1.807, 2.05) is 0 Å². The lowest BCUT2D eigenvalue weighted by atomic mass is 9.97. The van der Waals surface area contributed by atoms with E-state index in [1.165, 1.54) is 0 Å². The molecule has 1 saturated heterocycles. The van der Waals surface area contributed by atoms with E-state index in [-0.39, 0.29) is 5.88 Å². The molecule has 3 unspecified atom stereocenters. The van der Waals surface area contributed by atoms with E-state index in [0.29, 0.717) is 0 Å². The Balaban J connectivity index is 2.67. The van der Waals surface area contributed by atoms with E-state index in [0.717, 1.165) is 0 Å². The molecule has 1 fully saturated rings. The van der Waals surface area contributed by atoms with Gasteiger partial charge in [-0.15, -0.1) is 11.6 Å². The van der Waals surface area contributed by atoms with Crippen molar-refractivity contribution in [1.82, 2.24) is 5.32 Å². The topological polar surface area (TPSA) is 119 Å². The monoisotopic (exact) mass is 255 g/mol. The van der Waals surface area contributed by atoms with Crippen LogP contribution in [0.1, 0.15) is 0 Å². The summed E-state index contributed by atoms with van der Waals surface area (Å²) in [6, 6.07) is -1.18. The van der Waals surface area contributed by atoms with Gasteiger partial charge in [0.25, 0.3) is 0 Å². The van der Waals surface area contributed by atoms with Gasteiger partial charge in [0.1, 0.15) is 30.2 Å². The predicted octanol–water partition coefficient (Wildman–Crippen LogP) is -2.86. The van der Waals surface area contributed by atoms with E-state index in [4.69, 9.17) is 21.4 Å². The first-order valence-electron chi connectivity index (χ1n) is 4.67. The van der Waals surface area contributed by atoms with Crippen molar-refractivity contribution in [2.75, 3.05) is 12.5 Å². The Labute approximate surface area is 96.6 Å². The first-order valence-corrected chi connectivity index (χ1v) is 5.20. The van der Waals surface area contributed by atoms with Gasteiger partial charge < -0.3 is 30.5 Å². The van der Waals surface area contributed by atoms with Crippen molar-refractivity contribution >= 4 is 17.5 Å². The molecule has 8 heteroatoms. The van der Waals surface area contributed by atoms with Crippen LogP contribution in [0, 0.1) is 0 Å². The van der Waals surface area contributed by atoms with E-state index in [1.54, 1.807) is 0 Å². The zero-order valence-corrected chi connectivity index (χ0v) is 9.04. The van der Waals surface area contributed by atoms with Gasteiger partial charge in [-0.2, -0.15) is 0 Å². The van der Waals surface area contributed by atoms with Crippen LogP contribution in [0.2, 0.25) is 0 Å². The summed E-state index contributed by atoms with van der Waals surface area (Å²) in [4.78, 5) is 11.0. The zero-order chi connectivity index (χ0) is 12.3. The summed E-state index contributed by atoms with van der Waals surface area (Å²) < 4.78 is 4.81. The number of carbonyl (C=O) groups excluding carboxylic acids is 1. The Morgan fingerprint density at radius 1 is 1.31 bits per heavy atom. The first kappa shape index (κ1) is 13.6. The summed E-state index contributed by atoms with van der Waals surface area (Å²) in [6.45, 7) is -0.550. The average Bonchev–Trinajstić information content (AvgIpc) is 2.28. The maximum absolute atomic E-state index is 11.0. The van der Waals surface area contributed by atoms with Crippen LogP contribution in [0.3, 0.4) is 0 Å². The van der Waals surface area contributed by atoms with Crippen molar-refractivity contribution in [3.05, 3.63) is 0 Å². The number of aliphatic hydroxyl groups excluding tert-OH is 4. The molecular formula is C8H14ClNO6. The van der Waals surface area contributed by atoms with Gasteiger partial charge in [-0.25, -0.2) is 0 Å². The van der Waals surface area contributed by atoms with Gasteiger partial charge in [0, 0.05) is 0 Å². The molecule has 0 spiro atoms. The molecular weight excluding hydrogens is 242 g/mol. The maximum atomic E-state index is 11.0.